The molecule has 0 saturated heterocycles. The number of nitrogens with zero attached hydrogens (tertiary/aromatic N) is 1. The van der Waals surface area contributed by atoms with Crippen molar-refractivity contribution in [1.82, 2.24) is 0 Å². The number of hydrogen-bond donors (Lipinski definition) is 1. The number of rotatable bonds is 6. The maximum Gasteiger partial charge on any atom is 0.125 e. The van der Waals surface area contributed by atoms with Crippen LogP contribution in [0.2, 0.25) is 0 Å². The molecule has 1 aliphatic rings. The Morgan fingerprint density at radius 2 is 1.90 bits per heavy atom. The molecule has 0 amide bonds. The van der Waals surface area contributed by atoms with E-state index >= 15 is 0 Å². The number of hydrogen-bond acceptors (Lipinski definition) is 3. The molecule has 0 radical (unpaired) electrons. The molecule has 1 fully saturated rings. The normalized spacial score (nSPS) is 17.2. The average molecular weight is 290 g/mol. The highest BCUT2D eigenvalue weighted by molar-refractivity contribution is 5.61. The van der Waals surface area contributed by atoms with Gasteiger partial charge < -0.3 is 15.4 Å². The van der Waals surface area contributed by atoms with Crippen molar-refractivity contribution in [2.24, 2.45) is 11.7 Å². The van der Waals surface area contributed by atoms with Gasteiger partial charge in [0.15, 0.2) is 0 Å². The fourth-order valence-corrected chi connectivity index (χ4v) is 3.47. The molecule has 1 saturated carbocycles. The SMILES string of the molecule is COc1cccc(N(CC(C)C)C2CCCC2)c1[C@@H](C)N. The highest BCUT2D eigenvalue weighted by Gasteiger charge is 2.27. The molecule has 1 aromatic rings. The second kappa shape index (κ2) is 7.17. The highest BCUT2D eigenvalue weighted by Crippen LogP contribution is 2.37. The van der Waals surface area contributed by atoms with Crippen molar-refractivity contribution in [2.45, 2.75) is 58.5 Å². The molecule has 2 rings (SSSR count). The van der Waals surface area contributed by atoms with Gasteiger partial charge in [0, 0.05) is 29.9 Å². The van der Waals surface area contributed by atoms with Crippen LogP contribution in [0.15, 0.2) is 18.2 Å². The summed E-state index contributed by atoms with van der Waals surface area (Å²) in [4.78, 5) is 2.58. The van der Waals surface area contributed by atoms with Crippen LogP contribution in [0.5, 0.6) is 5.75 Å². The van der Waals surface area contributed by atoms with Crippen LogP contribution in [0, 0.1) is 5.92 Å². The number of nitrogens with two attached hydrogens (primary N) is 1. The van der Waals surface area contributed by atoms with Crippen LogP contribution < -0.4 is 15.4 Å². The Hall–Kier alpha value is -1.22. The largest absolute Gasteiger partial charge is 0.496 e. The quantitative estimate of drug-likeness (QED) is 0.856. The van der Waals surface area contributed by atoms with Gasteiger partial charge in [-0.2, -0.15) is 0 Å². The summed E-state index contributed by atoms with van der Waals surface area (Å²) in [6.07, 6.45) is 5.28. The third-order valence-corrected chi connectivity index (χ3v) is 4.36. The molecule has 118 valence electrons. The van der Waals surface area contributed by atoms with Gasteiger partial charge in [0.25, 0.3) is 0 Å². The average Bonchev–Trinajstić information content (AvgIpc) is 2.97. The fraction of sp³-hybridized carbons (Fsp3) is 0.667. The van der Waals surface area contributed by atoms with Gasteiger partial charge in [0.05, 0.1) is 7.11 Å². The van der Waals surface area contributed by atoms with E-state index < -0.39 is 0 Å². The Kier molecular flexibility index (Phi) is 5.51. The molecular formula is C18H30N2O. The molecule has 0 unspecified atom stereocenters. The topological polar surface area (TPSA) is 38.5 Å². The summed E-state index contributed by atoms with van der Waals surface area (Å²) < 4.78 is 5.56. The zero-order chi connectivity index (χ0) is 15.4. The monoisotopic (exact) mass is 290 g/mol. The van der Waals surface area contributed by atoms with Crippen molar-refractivity contribution in [3.8, 4) is 5.75 Å². The number of benzene rings is 1. The first-order chi connectivity index (χ1) is 10.0. The van der Waals surface area contributed by atoms with Crippen molar-refractivity contribution in [3.63, 3.8) is 0 Å². The maximum atomic E-state index is 6.25. The lowest BCUT2D eigenvalue weighted by atomic mass is 10.0. The van der Waals surface area contributed by atoms with Crippen LogP contribution in [-0.2, 0) is 0 Å². The summed E-state index contributed by atoms with van der Waals surface area (Å²) in [5.41, 5.74) is 8.67. The Morgan fingerprint density at radius 3 is 2.43 bits per heavy atom. The standard InChI is InChI=1S/C18H30N2O/c1-13(2)12-20(15-8-5-6-9-15)16-10-7-11-17(21-4)18(16)14(3)19/h7,10-11,13-15H,5-6,8-9,12,19H2,1-4H3/t14-/m1/s1. The lowest BCUT2D eigenvalue weighted by molar-refractivity contribution is 0.406. The summed E-state index contributed by atoms with van der Waals surface area (Å²) in [7, 11) is 1.73. The Labute approximate surface area is 129 Å². The van der Waals surface area contributed by atoms with Crippen molar-refractivity contribution in [1.29, 1.82) is 0 Å². The van der Waals surface area contributed by atoms with Crippen molar-refractivity contribution >= 4 is 5.69 Å². The van der Waals surface area contributed by atoms with Crippen molar-refractivity contribution in [2.75, 3.05) is 18.6 Å². The zero-order valence-electron chi connectivity index (χ0n) is 13.9. The van der Waals surface area contributed by atoms with E-state index in [0.29, 0.717) is 12.0 Å². The Balaban J connectivity index is 2.42. The summed E-state index contributed by atoms with van der Waals surface area (Å²) >= 11 is 0. The molecule has 0 bridgehead atoms. The third kappa shape index (κ3) is 3.70. The molecule has 0 aromatic heterocycles. The van der Waals surface area contributed by atoms with Crippen LogP contribution in [0.25, 0.3) is 0 Å². The molecule has 0 heterocycles. The van der Waals surface area contributed by atoms with E-state index in [9.17, 15) is 0 Å². The van der Waals surface area contributed by atoms with Crippen LogP contribution >= 0.6 is 0 Å². The van der Waals surface area contributed by atoms with E-state index in [4.69, 9.17) is 10.5 Å². The predicted octanol–water partition coefficient (Wildman–Crippen LogP) is 4.12. The molecule has 3 nitrogen and oxygen atoms in total. The lowest BCUT2D eigenvalue weighted by Crippen LogP contribution is -2.37. The molecular weight excluding hydrogens is 260 g/mol. The van der Waals surface area contributed by atoms with Crippen molar-refractivity contribution in [3.05, 3.63) is 23.8 Å². The van der Waals surface area contributed by atoms with Gasteiger partial charge >= 0.3 is 0 Å². The van der Waals surface area contributed by atoms with Crippen molar-refractivity contribution < 1.29 is 4.74 Å². The Morgan fingerprint density at radius 1 is 1.24 bits per heavy atom. The minimum Gasteiger partial charge on any atom is -0.496 e. The van der Waals surface area contributed by atoms with Crippen LogP contribution in [0.1, 0.15) is 58.1 Å². The molecule has 0 spiro atoms. The van der Waals surface area contributed by atoms with E-state index in [1.54, 1.807) is 7.11 Å². The number of ether oxygens (including phenoxy) is 1. The van der Waals surface area contributed by atoms with Crippen LogP contribution in [0.3, 0.4) is 0 Å². The van der Waals surface area contributed by atoms with Crippen LogP contribution in [0.4, 0.5) is 5.69 Å². The van der Waals surface area contributed by atoms with E-state index in [1.807, 2.05) is 13.0 Å². The second-order valence-corrected chi connectivity index (χ2v) is 6.67. The fourth-order valence-electron chi connectivity index (χ4n) is 3.47. The van der Waals surface area contributed by atoms with E-state index in [2.05, 4.69) is 30.9 Å². The first kappa shape index (κ1) is 16.2. The molecule has 1 aliphatic carbocycles. The van der Waals surface area contributed by atoms with Crippen LogP contribution in [-0.4, -0.2) is 19.7 Å². The number of methoxy groups -OCH3 is 1. The summed E-state index contributed by atoms with van der Waals surface area (Å²) in [5.74, 6) is 1.55. The predicted molar refractivity (Wildman–Crippen MR) is 90.0 cm³/mol. The highest BCUT2D eigenvalue weighted by atomic mass is 16.5. The van der Waals surface area contributed by atoms with Gasteiger partial charge in [-0.05, 0) is 37.8 Å². The van der Waals surface area contributed by atoms with Gasteiger partial charge in [0.2, 0.25) is 0 Å². The van der Waals surface area contributed by atoms with E-state index in [1.165, 1.54) is 31.4 Å². The summed E-state index contributed by atoms with van der Waals surface area (Å²) in [6.45, 7) is 7.70. The molecule has 2 N–H and O–H groups in total. The second-order valence-electron chi connectivity index (χ2n) is 6.67. The zero-order valence-corrected chi connectivity index (χ0v) is 13.9. The van der Waals surface area contributed by atoms with Gasteiger partial charge in [-0.3, -0.25) is 0 Å². The van der Waals surface area contributed by atoms with Gasteiger partial charge in [0.1, 0.15) is 5.75 Å². The molecule has 0 aliphatic heterocycles. The Bertz CT molecular complexity index is 451. The smallest absolute Gasteiger partial charge is 0.125 e. The lowest BCUT2D eigenvalue weighted by Gasteiger charge is -2.35. The molecule has 21 heavy (non-hydrogen) atoms. The minimum absolute atomic E-state index is 0.0211. The maximum absolute atomic E-state index is 6.25. The first-order valence-corrected chi connectivity index (χ1v) is 8.23. The molecule has 3 heteroatoms. The third-order valence-electron chi connectivity index (χ3n) is 4.36. The molecule has 1 aromatic carbocycles. The van der Waals surface area contributed by atoms with E-state index in [-0.39, 0.29) is 6.04 Å². The minimum atomic E-state index is -0.0211. The first-order valence-electron chi connectivity index (χ1n) is 8.23. The van der Waals surface area contributed by atoms with Gasteiger partial charge in [-0.1, -0.05) is 32.8 Å². The van der Waals surface area contributed by atoms with E-state index in [0.717, 1.165) is 17.9 Å². The molecule has 1 atom stereocenters. The summed E-state index contributed by atoms with van der Waals surface area (Å²) in [6, 6.07) is 6.94. The number of anilines is 1. The van der Waals surface area contributed by atoms with Gasteiger partial charge in [-0.25, -0.2) is 0 Å². The van der Waals surface area contributed by atoms with Gasteiger partial charge in [-0.15, -0.1) is 0 Å². The summed E-state index contributed by atoms with van der Waals surface area (Å²) in [5, 5.41) is 0.